The molecule has 1 heterocycles. The Morgan fingerprint density at radius 2 is 1.60 bits per heavy atom. The van der Waals surface area contributed by atoms with Crippen LogP contribution in [0.1, 0.15) is 26.3 Å². The Labute approximate surface area is 202 Å². The van der Waals surface area contributed by atoms with Gasteiger partial charge in [-0.15, -0.1) is 0 Å². The van der Waals surface area contributed by atoms with E-state index in [0.717, 1.165) is 0 Å². The number of aliphatic hydroxyl groups is 1. The van der Waals surface area contributed by atoms with Crippen molar-refractivity contribution in [3.05, 3.63) is 108 Å². The lowest BCUT2D eigenvalue weighted by Crippen LogP contribution is -2.59. The molecule has 0 radical (unpaired) electrons. The Morgan fingerprint density at radius 1 is 0.943 bits per heavy atom. The number of hydrogen-bond donors (Lipinski definition) is 2. The van der Waals surface area contributed by atoms with Gasteiger partial charge >= 0.3 is 11.9 Å². The number of aliphatic hydroxyl groups excluding tert-OH is 1. The molecule has 7 nitrogen and oxygen atoms in total. The van der Waals surface area contributed by atoms with Crippen molar-refractivity contribution in [1.29, 1.82) is 0 Å². The van der Waals surface area contributed by atoms with Crippen molar-refractivity contribution in [3.63, 3.8) is 0 Å². The summed E-state index contributed by atoms with van der Waals surface area (Å²) in [5.41, 5.74) is 0.291. The van der Waals surface area contributed by atoms with Crippen LogP contribution in [-0.2, 0) is 15.9 Å². The lowest BCUT2D eigenvalue weighted by Gasteiger charge is -2.47. The van der Waals surface area contributed by atoms with Gasteiger partial charge in [0.05, 0.1) is 11.1 Å². The fourth-order valence-corrected chi connectivity index (χ4v) is 4.58. The molecule has 2 N–H and O–H groups in total. The highest BCUT2D eigenvalue weighted by Crippen LogP contribution is 2.44. The number of rotatable bonds is 5. The monoisotopic (exact) mass is 472 g/mol. The van der Waals surface area contributed by atoms with E-state index in [1.54, 1.807) is 84.9 Å². The summed E-state index contributed by atoms with van der Waals surface area (Å²) in [5.74, 6) is -1.09. The molecule has 178 valence electrons. The van der Waals surface area contributed by atoms with Gasteiger partial charge in [-0.25, -0.2) is 9.59 Å². The summed E-state index contributed by atoms with van der Waals surface area (Å²) < 4.78 is 17.5. The Bertz CT molecular complexity index is 1250. The number of phenols is 1. The molecule has 2 aliphatic rings. The van der Waals surface area contributed by atoms with Crippen LogP contribution in [0.15, 0.2) is 91.0 Å². The van der Waals surface area contributed by atoms with Crippen LogP contribution in [0.25, 0.3) is 0 Å². The lowest BCUT2D eigenvalue weighted by atomic mass is 9.72. The Hall–Kier alpha value is -4.10. The van der Waals surface area contributed by atoms with Gasteiger partial charge in [0, 0.05) is 5.92 Å². The second-order valence-corrected chi connectivity index (χ2v) is 8.69. The van der Waals surface area contributed by atoms with E-state index < -0.39 is 35.7 Å². The minimum atomic E-state index is -1.18. The normalized spacial score (nSPS) is 24.4. The van der Waals surface area contributed by atoms with Gasteiger partial charge in [-0.1, -0.05) is 36.4 Å². The highest BCUT2D eigenvalue weighted by molar-refractivity contribution is 5.90. The fourth-order valence-electron chi connectivity index (χ4n) is 4.58. The van der Waals surface area contributed by atoms with Crippen LogP contribution < -0.4 is 4.74 Å². The molecule has 4 atom stereocenters. The van der Waals surface area contributed by atoms with Crippen molar-refractivity contribution in [1.82, 2.24) is 0 Å². The second kappa shape index (κ2) is 9.27. The van der Waals surface area contributed by atoms with Crippen LogP contribution in [0.5, 0.6) is 11.5 Å². The zero-order valence-electron chi connectivity index (χ0n) is 18.7. The standard InChI is InChI=1S/C28H24O7/c29-21-11-12-23-20(15-21)16-22-25(30)24(34-27(32)19-9-5-2-6-10-19)13-14-28(22,35-23)17-33-26(31)18-7-3-1-4-8-18/h1-15,22,24-25,29-30H,16-17H2/t22-,24-,25+,28-/m1/s1. The van der Waals surface area contributed by atoms with Crippen molar-refractivity contribution < 1.29 is 34.0 Å². The number of esters is 2. The van der Waals surface area contributed by atoms with E-state index in [1.807, 2.05) is 0 Å². The number of ether oxygens (including phenoxy) is 3. The minimum absolute atomic E-state index is 0.0725. The smallest absolute Gasteiger partial charge is 0.338 e. The molecule has 0 unspecified atom stereocenters. The molecule has 1 aliphatic heterocycles. The average molecular weight is 472 g/mol. The van der Waals surface area contributed by atoms with Crippen molar-refractivity contribution in [3.8, 4) is 11.5 Å². The SMILES string of the molecule is O=C(OC[C@]12C=C[C@@H](OC(=O)c3ccccc3)[C@@H](O)[C@H]1Cc1cc(O)ccc1O2)c1ccccc1. The van der Waals surface area contributed by atoms with E-state index in [9.17, 15) is 19.8 Å². The number of hydrogen-bond acceptors (Lipinski definition) is 7. The average Bonchev–Trinajstić information content (AvgIpc) is 2.89. The van der Waals surface area contributed by atoms with E-state index in [2.05, 4.69) is 0 Å². The first-order chi connectivity index (χ1) is 16.9. The topological polar surface area (TPSA) is 102 Å². The highest BCUT2D eigenvalue weighted by atomic mass is 16.6. The number of benzene rings is 3. The molecule has 0 bridgehead atoms. The van der Waals surface area contributed by atoms with E-state index in [-0.39, 0.29) is 12.4 Å². The predicted molar refractivity (Wildman–Crippen MR) is 126 cm³/mol. The summed E-state index contributed by atoms with van der Waals surface area (Å²) in [6.45, 7) is -0.154. The molecule has 0 saturated carbocycles. The maximum Gasteiger partial charge on any atom is 0.338 e. The van der Waals surface area contributed by atoms with Crippen molar-refractivity contribution in [2.75, 3.05) is 6.61 Å². The summed E-state index contributed by atoms with van der Waals surface area (Å²) in [6, 6.07) is 21.9. The molecule has 0 spiro atoms. The van der Waals surface area contributed by atoms with E-state index in [4.69, 9.17) is 14.2 Å². The Kier molecular flexibility index (Phi) is 6.01. The quantitative estimate of drug-likeness (QED) is 0.431. The summed E-state index contributed by atoms with van der Waals surface area (Å²) in [7, 11) is 0. The lowest BCUT2D eigenvalue weighted by molar-refractivity contribution is -0.107. The van der Waals surface area contributed by atoms with Gasteiger partial charge in [-0.3, -0.25) is 0 Å². The van der Waals surface area contributed by atoms with Gasteiger partial charge in [0.2, 0.25) is 0 Å². The van der Waals surface area contributed by atoms with Gasteiger partial charge < -0.3 is 24.4 Å². The summed E-state index contributed by atoms with van der Waals surface area (Å²) in [6.07, 6.45) is 1.52. The molecular formula is C28H24O7. The third kappa shape index (κ3) is 4.50. The number of carbonyl (C=O) groups excluding carboxylic acids is 2. The predicted octanol–water partition coefficient (Wildman–Crippen LogP) is 3.70. The summed E-state index contributed by atoms with van der Waals surface area (Å²) in [4.78, 5) is 25.2. The van der Waals surface area contributed by atoms with Crippen LogP contribution in [0, 0.1) is 5.92 Å². The molecule has 5 rings (SSSR count). The molecule has 0 saturated heterocycles. The van der Waals surface area contributed by atoms with Crippen LogP contribution in [0.4, 0.5) is 0 Å². The maximum absolute atomic E-state index is 12.6. The Morgan fingerprint density at radius 3 is 2.29 bits per heavy atom. The van der Waals surface area contributed by atoms with E-state index in [0.29, 0.717) is 28.9 Å². The molecule has 35 heavy (non-hydrogen) atoms. The van der Waals surface area contributed by atoms with Gasteiger partial charge in [0.1, 0.15) is 30.3 Å². The third-order valence-corrected chi connectivity index (χ3v) is 6.42. The molecular weight excluding hydrogens is 448 g/mol. The largest absolute Gasteiger partial charge is 0.508 e. The van der Waals surface area contributed by atoms with Gasteiger partial charge in [-0.05, 0) is 66.6 Å². The van der Waals surface area contributed by atoms with Crippen LogP contribution in [-0.4, -0.2) is 46.6 Å². The zero-order valence-corrected chi connectivity index (χ0v) is 18.7. The zero-order chi connectivity index (χ0) is 24.4. The van der Waals surface area contributed by atoms with Crippen LogP contribution >= 0.6 is 0 Å². The highest BCUT2D eigenvalue weighted by Gasteiger charge is 2.52. The third-order valence-electron chi connectivity index (χ3n) is 6.42. The first-order valence-electron chi connectivity index (χ1n) is 11.3. The first-order valence-corrected chi connectivity index (χ1v) is 11.3. The molecule has 7 heteroatoms. The number of carbonyl (C=O) groups is 2. The summed E-state index contributed by atoms with van der Waals surface area (Å²) >= 11 is 0. The number of phenolic OH excluding ortho intramolecular Hbond substituents is 1. The van der Waals surface area contributed by atoms with Crippen molar-refractivity contribution in [2.45, 2.75) is 24.2 Å². The Balaban J connectivity index is 1.42. The fraction of sp³-hybridized carbons (Fsp3) is 0.214. The molecule has 1 aliphatic carbocycles. The summed E-state index contributed by atoms with van der Waals surface area (Å²) in [5, 5.41) is 21.2. The minimum Gasteiger partial charge on any atom is -0.508 e. The molecule has 3 aromatic rings. The van der Waals surface area contributed by atoms with Gasteiger partial charge in [0.15, 0.2) is 5.60 Å². The van der Waals surface area contributed by atoms with Gasteiger partial charge in [0.25, 0.3) is 0 Å². The van der Waals surface area contributed by atoms with Crippen molar-refractivity contribution >= 4 is 11.9 Å². The molecule has 3 aromatic carbocycles. The van der Waals surface area contributed by atoms with Crippen LogP contribution in [0.3, 0.4) is 0 Å². The number of fused-ring (bicyclic) bond motifs is 2. The number of aromatic hydroxyl groups is 1. The van der Waals surface area contributed by atoms with Crippen LogP contribution in [0.2, 0.25) is 0 Å². The second-order valence-electron chi connectivity index (χ2n) is 8.69. The first kappa shape index (κ1) is 22.7. The molecule has 0 aromatic heterocycles. The molecule has 0 fully saturated rings. The van der Waals surface area contributed by atoms with Gasteiger partial charge in [-0.2, -0.15) is 0 Å². The van der Waals surface area contributed by atoms with E-state index >= 15 is 0 Å². The maximum atomic E-state index is 12.6. The van der Waals surface area contributed by atoms with Crippen molar-refractivity contribution in [2.24, 2.45) is 5.92 Å². The molecule has 0 amide bonds. The van der Waals surface area contributed by atoms with E-state index in [1.165, 1.54) is 6.07 Å².